The van der Waals surface area contributed by atoms with Crippen LogP contribution in [0.2, 0.25) is 0 Å². The molecule has 0 saturated carbocycles. The Morgan fingerprint density at radius 2 is 1.89 bits per heavy atom. The zero-order chi connectivity index (χ0) is 24.5. The number of rotatable bonds is 6. The van der Waals surface area contributed by atoms with E-state index in [0.717, 1.165) is 46.1 Å². The van der Waals surface area contributed by atoms with Crippen molar-refractivity contribution in [3.8, 4) is 23.0 Å². The predicted molar refractivity (Wildman–Crippen MR) is 133 cm³/mol. The van der Waals surface area contributed by atoms with Gasteiger partial charge in [-0.05, 0) is 42.7 Å². The molecule has 0 N–H and O–H groups in total. The minimum absolute atomic E-state index is 0.0247. The molecule has 0 bridgehead atoms. The van der Waals surface area contributed by atoms with Crippen LogP contribution < -0.4 is 14.4 Å². The molecular formula is C27H29FN4O3. The Labute approximate surface area is 204 Å². The van der Waals surface area contributed by atoms with Gasteiger partial charge in [-0.2, -0.15) is 9.97 Å². The number of anilines is 1. The van der Waals surface area contributed by atoms with Crippen molar-refractivity contribution in [2.24, 2.45) is 4.99 Å². The molecule has 7 nitrogen and oxygen atoms in total. The molecule has 3 aromatic rings. The summed E-state index contributed by atoms with van der Waals surface area (Å²) in [6, 6.07) is 13.2. The Kier molecular flexibility index (Phi) is 6.38. The zero-order valence-electron chi connectivity index (χ0n) is 20.4. The Balaban J connectivity index is 1.56. The highest BCUT2D eigenvalue weighted by atomic mass is 19.1. The van der Waals surface area contributed by atoms with Crippen LogP contribution in [0, 0.1) is 5.82 Å². The molecule has 0 fully saturated rings. The van der Waals surface area contributed by atoms with Crippen molar-refractivity contribution in [2.45, 2.75) is 38.3 Å². The minimum atomic E-state index is -0.250. The summed E-state index contributed by atoms with van der Waals surface area (Å²) in [7, 11) is 3.24. The Morgan fingerprint density at radius 1 is 1.09 bits per heavy atom. The van der Waals surface area contributed by atoms with Crippen LogP contribution in [0.1, 0.15) is 42.5 Å². The summed E-state index contributed by atoms with van der Waals surface area (Å²) < 4.78 is 30.8. The molecule has 0 radical (unpaired) electrons. The van der Waals surface area contributed by atoms with Crippen molar-refractivity contribution in [1.29, 1.82) is 0 Å². The molecule has 0 aliphatic carbocycles. The van der Waals surface area contributed by atoms with Gasteiger partial charge in [0, 0.05) is 23.6 Å². The first-order chi connectivity index (χ1) is 17.0. The maximum Gasteiger partial charge on any atom is 0.316 e. The number of methoxy groups -OCH3 is 2. The number of nitrogens with zero attached hydrogens (tertiary/aromatic N) is 4. The monoisotopic (exact) mass is 476 g/mol. The number of aromatic nitrogens is 2. The van der Waals surface area contributed by atoms with Crippen LogP contribution >= 0.6 is 0 Å². The molecule has 0 amide bonds. The Hall–Kier alpha value is -3.52. The van der Waals surface area contributed by atoms with E-state index in [1.807, 2.05) is 36.7 Å². The number of hydrogen-bond acceptors (Lipinski definition) is 7. The standard InChI is InChI=1S/C27H29FN4O3/c1-16-12-32(15-29-16)23-10-7-19(11-24(23)33-3)25-22-14-35-13-21(26(22)31-27(30-25)34-4)17(2)18-5-8-20(28)9-6-18/h5-11,15-17,21H,12-14H2,1-4H3. The highest BCUT2D eigenvalue weighted by molar-refractivity contribution is 5.85. The fourth-order valence-corrected chi connectivity index (χ4v) is 4.80. The summed E-state index contributed by atoms with van der Waals surface area (Å²) >= 11 is 0. The van der Waals surface area contributed by atoms with Crippen molar-refractivity contribution in [3.05, 3.63) is 65.1 Å². The van der Waals surface area contributed by atoms with Gasteiger partial charge in [-0.3, -0.25) is 4.99 Å². The van der Waals surface area contributed by atoms with E-state index in [4.69, 9.17) is 24.2 Å². The van der Waals surface area contributed by atoms with Gasteiger partial charge in [-0.25, -0.2) is 4.39 Å². The fraction of sp³-hybridized carbons (Fsp3) is 0.370. The van der Waals surface area contributed by atoms with Crippen LogP contribution in [-0.2, 0) is 11.3 Å². The molecule has 8 heteroatoms. The molecule has 3 unspecified atom stereocenters. The van der Waals surface area contributed by atoms with Gasteiger partial charge in [0.05, 0.1) is 56.9 Å². The van der Waals surface area contributed by atoms with Crippen LogP contribution in [0.4, 0.5) is 10.1 Å². The second-order valence-corrected chi connectivity index (χ2v) is 9.04. The van der Waals surface area contributed by atoms with Gasteiger partial charge in [0.1, 0.15) is 11.6 Å². The number of ether oxygens (including phenoxy) is 3. The highest BCUT2D eigenvalue weighted by Crippen LogP contribution is 2.42. The fourth-order valence-electron chi connectivity index (χ4n) is 4.80. The Bertz CT molecular complexity index is 1250. The van der Waals surface area contributed by atoms with Crippen LogP contribution in [0.25, 0.3) is 11.3 Å². The van der Waals surface area contributed by atoms with E-state index in [1.54, 1.807) is 14.2 Å². The van der Waals surface area contributed by atoms with Crippen LogP contribution in [-0.4, -0.2) is 49.7 Å². The maximum absolute atomic E-state index is 13.5. The number of fused-ring (bicyclic) bond motifs is 1. The zero-order valence-corrected chi connectivity index (χ0v) is 20.4. The number of halogens is 1. The van der Waals surface area contributed by atoms with E-state index >= 15 is 0 Å². The largest absolute Gasteiger partial charge is 0.495 e. The first-order valence-corrected chi connectivity index (χ1v) is 11.7. The van der Waals surface area contributed by atoms with Gasteiger partial charge >= 0.3 is 6.01 Å². The van der Waals surface area contributed by atoms with Crippen LogP contribution in [0.3, 0.4) is 0 Å². The molecule has 2 aromatic carbocycles. The molecule has 3 atom stereocenters. The van der Waals surface area contributed by atoms with E-state index in [2.05, 4.69) is 23.7 Å². The Morgan fingerprint density at radius 3 is 2.57 bits per heavy atom. The quantitative estimate of drug-likeness (QED) is 0.501. The topological polar surface area (TPSA) is 69.1 Å². The second-order valence-electron chi connectivity index (χ2n) is 9.04. The van der Waals surface area contributed by atoms with Gasteiger partial charge in [0.15, 0.2) is 0 Å². The molecule has 182 valence electrons. The van der Waals surface area contributed by atoms with Gasteiger partial charge in [0.25, 0.3) is 0 Å². The first kappa shape index (κ1) is 23.2. The average Bonchev–Trinajstić information content (AvgIpc) is 3.33. The molecule has 3 heterocycles. The molecule has 2 aliphatic heterocycles. The van der Waals surface area contributed by atoms with Gasteiger partial charge in [-0.1, -0.05) is 25.1 Å². The summed E-state index contributed by atoms with van der Waals surface area (Å²) in [6.07, 6.45) is 1.85. The number of benzene rings is 2. The molecule has 5 rings (SSSR count). The van der Waals surface area contributed by atoms with E-state index < -0.39 is 0 Å². The van der Waals surface area contributed by atoms with Crippen LogP contribution in [0.5, 0.6) is 11.8 Å². The molecule has 2 aliphatic rings. The van der Waals surface area contributed by atoms with E-state index in [-0.39, 0.29) is 23.7 Å². The minimum Gasteiger partial charge on any atom is -0.495 e. The number of aliphatic imine (C=N–C) groups is 1. The third-order valence-electron chi connectivity index (χ3n) is 6.78. The van der Waals surface area contributed by atoms with Gasteiger partial charge in [-0.15, -0.1) is 0 Å². The van der Waals surface area contributed by atoms with E-state index in [9.17, 15) is 4.39 Å². The van der Waals surface area contributed by atoms with Crippen molar-refractivity contribution in [3.63, 3.8) is 0 Å². The lowest BCUT2D eigenvalue weighted by Gasteiger charge is -2.31. The van der Waals surface area contributed by atoms with Gasteiger partial charge < -0.3 is 19.1 Å². The maximum atomic E-state index is 13.5. The summed E-state index contributed by atoms with van der Waals surface area (Å²) in [4.78, 5) is 16.0. The smallest absolute Gasteiger partial charge is 0.316 e. The van der Waals surface area contributed by atoms with E-state index in [1.165, 1.54) is 12.1 Å². The summed E-state index contributed by atoms with van der Waals surface area (Å²) in [6.45, 7) is 5.92. The normalized spacial score (nSPS) is 20.0. The lowest BCUT2D eigenvalue weighted by Crippen LogP contribution is -2.24. The van der Waals surface area contributed by atoms with Crippen molar-refractivity contribution >= 4 is 12.0 Å². The second kappa shape index (κ2) is 9.62. The molecule has 0 saturated heterocycles. The third kappa shape index (κ3) is 4.46. The van der Waals surface area contributed by atoms with E-state index in [0.29, 0.717) is 19.2 Å². The van der Waals surface area contributed by atoms with Crippen molar-refractivity contribution in [2.75, 3.05) is 32.3 Å². The summed E-state index contributed by atoms with van der Waals surface area (Å²) in [5, 5.41) is 0. The lowest BCUT2D eigenvalue weighted by atomic mass is 9.82. The SMILES string of the molecule is COc1nc(-c2ccc(N3C=NC(C)C3)c(OC)c2)c2c(n1)C(C(C)c1ccc(F)cc1)COC2. The summed E-state index contributed by atoms with van der Waals surface area (Å²) in [5.74, 6) is 0.528. The molecule has 35 heavy (non-hydrogen) atoms. The predicted octanol–water partition coefficient (Wildman–Crippen LogP) is 4.95. The van der Waals surface area contributed by atoms with Crippen LogP contribution in [0.15, 0.2) is 47.5 Å². The number of hydrogen-bond donors (Lipinski definition) is 0. The molecular weight excluding hydrogens is 447 g/mol. The molecule has 1 aromatic heterocycles. The van der Waals surface area contributed by atoms with Crippen molar-refractivity contribution < 1.29 is 18.6 Å². The lowest BCUT2D eigenvalue weighted by molar-refractivity contribution is 0.0827. The first-order valence-electron chi connectivity index (χ1n) is 11.7. The third-order valence-corrected chi connectivity index (χ3v) is 6.78. The van der Waals surface area contributed by atoms with Gasteiger partial charge in [0.2, 0.25) is 0 Å². The van der Waals surface area contributed by atoms with Crippen molar-refractivity contribution in [1.82, 2.24) is 9.97 Å². The average molecular weight is 477 g/mol. The highest BCUT2D eigenvalue weighted by Gasteiger charge is 2.32. The summed E-state index contributed by atoms with van der Waals surface area (Å²) in [5.41, 5.74) is 5.47. The molecule has 0 spiro atoms.